The Morgan fingerprint density at radius 2 is 2.12 bits per heavy atom. The maximum Gasteiger partial charge on any atom is 0.255 e. The average Bonchev–Trinajstić information content (AvgIpc) is 3.16. The molecule has 0 aliphatic carbocycles. The molecule has 0 aromatic carbocycles. The van der Waals surface area contributed by atoms with E-state index >= 15 is 0 Å². The minimum absolute atomic E-state index is 0.0286. The van der Waals surface area contributed by atoms with E-state index in [1.54, 1.807) is 11.1 Å². The van der Waals surface area contributed by atoms with Crippen LogP contribution in [0.3, 0.4) is 0 Å². The summed E-state index contributed by atoms with van der Waals surface area (Å²) in [6.07, 6.45) is 2.41. The van der Waals surface area contributed by atoms with E-state index in [1.165, 1.54) is 0 Å². The van der Waals surface area contributed by atoms with E-state index in [0.29, 0.717) is 31.6 Å². The fraction of sp³-hybridized carbons (Fsp3) is 0.389. The molecule has 1 unspecified atom stereocenters. The van der Waals surface area contributed by atoms with Gasteiger partial charge in [-0.3, -0.25) is 14.6 Å². The van der Waals surface area contributed by atoms with Crippen LogP contribution in [0.4, 0.5) is 0 Å². The zero-order chi connectivity index (χ0) is 17.3. The molecule has 1 aliphatic heterocycles. The van der Waals surface area contributed by atoms with E-state index in [9.17, 15) is 9.59 Å². The summed E-state index contributed by atoms with van der Waals surface area (Å²) < 4.78 is 2.09. The first-order chi connectivity index (χ1) is 11.5. The van der Waals surface area contributed by atoms with Crippen LogP contribution in [0.2, 0.25) is 0 Å². The van der Waals surface area contributed by atoms with Crippen LogP contribution in [-0.4, -0.2) is 39.4 Å². The Kier molecular flexibility index (Phi) is 4.38. The summed E-state index contributed by atoms with van der Waals surface area (Å²) in [4.78, 5) is 30.2. The van der Waals surface area contributed by atoms with Crippen molar-refractivity contribution in [1.29, 1.82) is 0 Å². The third-order valence-corrected chi connectivity index (χ3v) is 4.73. The van der Waals surface area contributed by atoms with Crippen LogP contribution in [0.15, 0.2) is 30.5 Å². The third kappa shape index (κ3) is 3.04. The number of nitrogens with zero attached hydrogens (tertiary/aromatic N) is 3. The smallest absolute Gasteiger partial charge is 0.255 e. The molecule has 2 amide bonds. The summed E-state index contributed by atoms with van der Waals surface area (Å²) in [5, 5.41) is 0. The standard InChI is InChI=1S/C18H22N4O2/c1-12-9-16(18(24)21-8-6-14(10-21)17(19)23)13(2)22(12)11-15-5-3-4-7-20-15/h3-5,7,9,14H,6,8,10-11H2,1-2H3,(H2,19,23). The van der Waals surface area contributed by atoms with Crippen LogP contribution in [0, 0.1) is 19.8 Å². The highest BCUT2D eigenvalue weighted by Gasteiger charge is 2.31. The number of carbonyl (C=O) groups is 2. The van der Waals surface area contributed by atoms with Gasteiger partial charge in [-0.15, -0.1) is 0 Å². The molecular weight excluding hydrogens is 304 g/mol. The van der Waals surface area contributed by atoms with E-state index < -0.39 is 0 Å². The molecular formula is C18H22N4O2. The molecule has 24 heavy (non-hydrogen) atoms. The molecule has 126 valence electrons. The number of rotatable bonds is 4. The first-order valence-corrected chi connectivity index (χ1v) is 8.12. The Hall–Kier alpha value is -2.63. The van der Waals surface area contributed by atoms with Crippen LogP contribution < -0.4 is 5.73 Å². The Labute approximate surface area is 141 Å². The lowest BCUT2D eigenvalue weighted by atomic mass is 10.1. The number of pyridine rings is 1. The molecule has 3 heterocycles. The molecule has 6 nitrogen and oxygen atoms in total. The maximum absolute atomic E-state index is 12.8. The van der Waals surface area contributed by atoms with E-state index in [2.05, 4.69) is 9.55 Å². The maximum atomic E-state index is 12.8. The number of aryl methyl sites for hydroxylation is 1. The largest absolute Gasteiger partial charge is 0.369 e. The van der Waals surface area contributed by atoms with Crippen molar-refractivity contribution in [2.45, 2.75) is 26.8 Å². The highest BCUT2D eigenvalue weighted by atomic mass is 16.2. The number of hydrogen-bond acceptors (Lipinski definition) is 3. The van der Waals surface area contributed by atoms with Gasteiger partial charge in [0.15, 0.2) is 0 Å². The van der Waals surface area contributed by atoms with Gasteiger partial charge < -0.3 is 15.2 Å². The second kappa shape index (κ2) is 6.47. The Bertz CT molecular complexity index is 767. The monoisotopic (exact) mass is 326 g/mol. The van der Waals surface area contributed by atoms with Gasteiger partial charge in [-0.2, -0.15) is 0 Å². The van der Waals surface area contributed by atoms with Gasteiger partial charge in [0.1, 0.15) is 0 Å². The number of likely N-dealkylation sites (tertiary alicyclic amines) is 1. The Morgan fingerprint density at radius 1 is 1.33 bits per heavy atom. The van der Waals surface area contributed by atoms with Crippen LogP contribution >= 0.6 is 0 Å². The molecule has 0 bridgehead atoms. The zero-order valence-electron chi connectivity index (χ0n) is 14.0. The predicted molar refractivity (Wildman–Crippen MR) is 90.4 cm³/mol. The summed E-state index contributed by atoms with van der Waals surface area (Å²) in [7, 11) is 0. The third-order valence-electron chi connectivity index (χ3n) is 4.73. The van der Waals surface area contributed by atoms with Gasteiger partial charge in [-0.25, -0.2) is 0 Å². The number of nitrogens with two attached hydrogens (primary N) is 1. The lowest BCUT2D eigenvalue weighted by Gasteiger charge is -2.16. The quantitative estimate of drug-likeness (QED) is 0.924. The fourth-order valence-electron chi connectivity index (χ4n) is 3.26. The molecule has 6 heteroatoms. The van der Waals surface area contributed by atoms with Gasteiger partial charge in [0.2, 0.25) is 5.91 Å². The SMILES string of the molecule is Cc1cc(C(=O)N2CCC(C(N)=O)C2)c(C)n1Cc1ccccn1. The van der Waals surface area contributed by atoms with E-state index in [1.807, 2.05) is 38.1 Å². The van der Waals surface area contributed by atoms with E-state index in [0.717, 1.165) is 17.1 Å². The summed E-state index contributed by atoms with van der Waals surface area (Å²) in [6.45, 7) is 5.57. The normalized spacial score (nSPS) is 17.2. The summed E-state index contributed by atoms with van der Waals surface area (Å²) in [6, 6.07) is 7.73. The molecule has 2 N–H and O–H groups in total. The first-order valence-electron chi connectivity index (χ1n) is 8.12. The van der Waals surface area contributed by atoms with Crippen molar-refractivity contribution in [2.75, 3.05) is 13.1 Å². The van der Waals surface area contributed by atoms with Gasteiger partial charge in [-0.05, 0) is 38.5 Å². The molecule has 1 saturated heterocycles. The van der Waals surface area contributed by atoms with E-state index in [-0.39, 0.29) is 17.7 Å². The molecule has 0 spiro atoms. The Balaban J connectivity index is 1.81. The van der Waals surface area contributed by atoms with Crippen LogP contribution in [0.1, 0.15) is 33.9 Å². The second-order valence-corrected chi connectivity index (χ2v) is 6.33. The van der Waals surface area contributed by atoms with Crippen LogP contribution in [0.25, 0.3) is 0 Å². The molecule has 1 aliphatic rings. The molecule has 1 atom stereocenters. The molecule has 1 fully saturated rings. The number of primary amides is 1. The van der Waals surface area contributed by atoms with Crippen LogP contribution in [0.5, 0.6) is 0 Å². The molecule has 2 aromatic heterocycles. The average molecular weight is 326 g/mol. The highest BCUT2D eigenvalue weighted by Crippen LogP contribution is 2.22. The van der Waals surface area contributed by atoms with Crippen molar-refractivity contribution in [2.24, 2.45) is 11.7 Å². The minimum Gasteiger partial charge on any atom is -0.369 e. The van der Waals surface area contributed by atoms with Gasteiger partial charge >= 0.3 is 0 Å². The van der Waals surface area contributed by atoms with Crippen molar-refractivity contribution >= 4 is 11.8 Å². The number of hydrogen-bond donors (Lipinski definition) is 1. The zero-order valence-corrected chi connectivity index (χ0v) is 14.0. The Morgan fingerprint density at radius 3 is 2.75 bits per heavy atom. The van der Waals surface area contributed by atoms with Crippen molar-refractivity contribution in [3.8, 4) is 0 Å². The van der Waals surface area contributed by atoms with Gasteiger partial charge in [0.05, 0.1) is 23.7 Å². The second-order valence-electron chi connectivity index (χ2n) is 6.33. The van der Waals surface area contributed by atoms with Crippen molar-refractivity contribution < 1.29 is 9.59 Å². The van der Waals surface area contributed by atoms with Crippen LogP contribution in [-0.2, 0) is 11.3 Å². The summed E-state index contributed by atoms with van der Waals surface area (Å²) >= 11 is 0. The number of aromatic nitrogens is 2. The highest BCUT2D eigenvalue weighted by molar-refractivity contribution is 5.96. The van der Waals surface area contributed by atoms with E-state index in [4.69, 9.17) is 5.73 Å². The van der Waals surface area contributed by atoms with Crippen molar-refractivity contribution in [3.63, 3.8) is 0 Å². The van der Waals surface area contributed by atoms with Crippen molar-refractivity contribution in [1.82, 2.24) is 14.5 Å². The number of amides is 2. The summed E-state index contributed by atoms with van der Waals surface area (Å²) in [5.74, 6) is -0.587. The minimum atomic E-state index is -0.328. The molecule has 0 radical (unpaired) electrons. The fourth-order valence-corrected chi connectivity index (χ4v) is 3.26. The molecule has 2 aromatic rings. The van der Waals surface area contributed by atoms with Gasteiger partial charge in [0, 0.05) is 30.7 Å². The summed E-state index contributed by atoms with van der Waals surface area (Å²) in [5.41, 5.74) is 8.94. The lowest BCUT2D eigenvalue weighted by molar-refractivity contribution is -0.121. The van der Waals surface area contributed by atoms with Crippen molar-refractivity contribution in [3.05, 3.63) is 53.1 Å². The first kappa shape index (κ1) is 16.2. The topological polar surface area (TPSA) is 81.2 Å². The number of carbonyl (C=O) groups excluding carboxylic acids is 2. The predicted octanol–water partition coefficient (Wildman–Crippen LogP) is 1.50. The molecule has 3 rings (SSSR count). The van der Waals surface area contributed by atoms with Gasteiger partial charge in [0.25, 0.3) is 5.91 Å². The lowest BCUT2D eigenvalue weighted by Crippen LogP contribution is -2.32. The van der Waals surface area contributed by atoms with Gasteiger partial charge in [-0.1, -0.05) is 6.07 Å². The molecule has 0 saturated carbocycles.